The fourth-order valence-electron chi connectivity index (χ4n) is 2.21. The Morgan fingerprint density at radius 1 is 1.20 bits per heavy atom. The summed E-state index contributed by atoms with van der Waals surface area (Å²) in [5, 5.41) is 3.78. The van der Waals surface area contributed by atoms with Gasteiger partial charge in [-0.3, -0.25) is 0 Å². The van der Waals surface area contributed by atoms with Crippen LogP contribution in [0.4, 0.5) is 0 Å². The molecule has 0 amide bonds. The first-order chi connectivity index (χ1) is 11.8. The van der Waals surface area contributed by atoms with E-state index in [0.717, 1.165) is 15.4 Å². The number of aryl methyl sites for hydroxylation is 1. The summed E-state index contributed by atoms with van der Waals surface area (Å²) in [6.07, 6.45) is 0. The molecule has 0 spiro atoms. The number of furan rings is 1. The summed E-state index contributed by atoms with van der Waals surface area (Å²) in [7, 11) is -0.808. The number of rotatable bonds is 5. The zero-order valence-corrected chi connectivity index (χ0v) is 14.9. The molecular weight excluding hydrogens is 344 g/mol. The Morgan fingerprint density at radius 2 is 1.88 bits per heavy atom. The number of hydrogen-bond donors (Lipinski definition) is 1. The van der Waals surface area contributed by atoms with Crippen LogP contribution in [0.25, 0.3) is 22.8 Å². The predicted molar refractivity (Wildman–Crippen MR) is 90.9 cm³/mol. The van der Waals surface area contributed by atoms with E-state index in [0.29, 0.717) is 23.7 Å². The number of hydrogen-bond acceptors (Lipinski definition) is 7. The van der Waals surface area contributed by atoms with Crippen molar-refractivity contribution in [2.45, 2.75) is 18.6 Å². The first-order valence-corrected chi connectivity index (χ1v) is 8.93. The molecular formula is C16H18N4O4S. The van der Waals surface area contributed by atoms with E-state index in [4.69, 9.17) is 14.7 Å². The van der Waals surface area contributed by atoms with Gasteiger partial charge in [0.05, 0.1) is 5.56 Å². The van der Waals surface area contributed by atoms with Crippen LogP contribution in [0.5, 0.6) is 0 Å². The normalized spacial score (nSPS) is 12.0. The Hall–Kier alpha value is -2.49. The van der Waals surface area contributed by atoms with Gasteiger partial charge in [0.1, 0.15) is 5.76 Å². The zero-order valence-electron chi connectivity index (χ0n) is 14.1. The second kappa shape index (κ2) is 6.43. The molecule has 132 valence electrons. The van der Waals surface area contributed by atoms with Crippen molar-refractivity contribution in [3.63, 3.8) is 0 Å². The third-order valence-corrected chi connectivity index (χ3v) is 5.41. The lowest BCUT2D eigenvalue weighted by Crippen LogP contribution is -2.21. The quantitative estimate of drug-likeness (QED) is 0.738. The van der Waals surface area contributed by atoms with Crippen LogP contribution < -0.4 is 5.73 Å². The standard InChI is InChI=1S/C16H18N4O4S/c1-10-13(8-14(23-10)25(21,22)20(2)3)16-18-15(19-24-16)12-6-4-11(9-17)5-7-12/h4-8H,9,17H2,1-3H3. The van der Waals surface area contributed by atoms with Gasteiger partial charge in [0, 0.05) is 32.3 Å². The maximum absolute atomic E-state index is 12.2. The second-order valence-corrected chi connectivity index (χ2v) is 7.73. The molecule has 0 radical (unpaired) electrons. The van der Waals surface area contributed by atoms with E-state index >= 15 is 0 Å². The minimum atomic E-state index is -3.67. The summed E-state index contributed by atoms with van der Waals surface area (Å²) >= 11 is 0. The van der Waals surface area contributed by atoms with E-state index in [1.54, 1.807) is 6.92 Å². The topological polar surface area (TPSA) is 115 Å². The molecule has 0 aliphatic rings. The van der Waals surface area contributed by atoms with Gasteiger partial charge in [0.25, 0.3) is 15.9 Å². The smallest absolute Gasteiger partial charge is 0.275 e. The lowest BCUT2D eigenvalue weighted by molar-refractivity contribution is 0.407. The van der Waals surface area contributed by atoms with Crippen molar-refractivity contribution in [1.82, 2.24) is 14.4 Å². The summed E-state index contributed by atoms with van der Waals surface area (Å²) in [6, 6.07) is 8.86. The van der Waals surface area contributed by atoms with Gasteiger partial charge >= 0.3 is 0 Å². The number of sulfonamides is 1. The van der Waals surface area contributed by atoms with E-state index in [2.05, 4.69) is 10.1 Å². The average molecular weight is 362 g/mol. The highest BCUT2D eigenvalue weighted by atomic mass is 32.2. The van der Waals surface area contributed by atoms with Gasteiger partial charge in [-0.1, -0.05) is 29.4 Å². The Bertz CT molecular complexity index is 988. The van der Waals surface area contributed by atoms with Crippen molar-refractivity contribution in [3.05, 3.63) is 41.7 Å². The maximum atomic E-state index is 12.2. The molecule has 0 saturated heterocycles. The molecule has 25 heavy (non-hydrogen) atoms. The second-order valence-electron chi connectivity index (χ2n) is 5.65. The molecule has 2 aromatic heterocycles. The Balaban J connectivity index is 1.96. The predicted octanol–water partition coefficient (Wildman–Crippen LogP) is 2.01. The Labute approximate surface area is 145 Å². The molecule has 0 atom stereocenters. The monoisotopic (exact) mass is 362 g/mol. The molecule has 0 aliphatic carbocycles. The molecule has 8 nitrogen and oxygen atoms in total. The van der Waals surface area contributed by atoms with Crippen LogP contribution in [0.2, 0.25) is 0 Å². The summed E-state index contributed by atoms with van der Waals surface area (Å²) in [6.45, 7) is 2.10. The van der Waals surface area contributed by atoms with Gasteiger partial charge < -0.3 is 14.7 Å². The van der Waals surface area contributed by atoms with Crippen molar-refractivity contribution in [2.24, 2.45) is 5.73 Å². The van der Waals surface area contributed by atoms with Gasteiger partial charge in [0.2, 0.25) is 10.9 Å². The van der Waals surface area contributed by atoms with Crippen molar-refractivity contribution in [2.75, 3.05) is 14.1 Å². The fourth-order valence-corrected chi connectivity index (χ4v) is 3.07. The van der Waals surface area contributed by atoms with E-state index in [9.17, 15) is 8.42 Å². The van der Waals surface area contributed by atoms with Gasteiger partial charge in [-0.25, -0.2) is 12.7 Å². The minimum Gasteiger partial charge on any atom is -0.448 e. The van der Waals surface area contributed by atoms with Gasteiger partial charge in [-0.05, 0) is 12.5 Å². The van der Waals surface area contributed by atoms with Crippen LogP contribution in [-0.2, 0) is 16.6 Å². The SMILES string of the molecule is Cc1oc(S(=O)(=O)N(C)C)cc1-c1nc(-c2ccc(CN)cc2)no1. The molecule has 0 bridgehead atoms. The molecule has 0 unspecified atom stereocenters. The Kier molecular flexibility index (Phi) is 4.46. The Morgan fingerprint density at radius 3 is 2.48 bits per heavy atom. The highest BCUT2D eigenvalue weighted by Gasteiger charge is 2.26. The number of aromatic nitrogens is 2. The lowest BCUT2D eigenvalue weighted by atomic mass is 10.1. The molecule has 3 rings (SSSR count). The van der Waals surface area contributed by atoms with Crippen LogP contribution in [0.15, 0.2) is 44.4 Å². The molecule has 0 aliphatic heterocycles. The zero-order chi connectivity index (χ0) is 18.2. The number of nitrogens with zero attached hydrogens (tertiary/aromatic N) is 3. The van der Waals surface area contributed by atoms with Gasteiger partial charge in [-0.2, -0.15) is 4.98 Å². The molecule has 0 fully saturated rings. The van der Waals surface area contributed by atoms with Crippen molar-refractivity contribution < 1.29 is 17.4 Å². The van der Waals surface area contributed by atoms with Crippen molar-refractivity contribution >= 4 is 10.0 Å². The molecule has 2 N–H and O–H groups in total. The highest BCUT2D eigenvalue weighted by Crippen LogP contribution is 2.30. The minimum absolute atomic E-state index is 0.169. The van der Waals surface area contributed by atoms with Crippen molar-refractivity contribution in [3.8, 4) is 22.8 Å². The first kappa shape index (κ1) is 17.3. The highest BCUT2D eigenvalue weighted by molar-refractivity contribution is 7.88. The number of benzene rings is 1. The van der Waals surface area contributed by atoms with E-state index < -0.39 is 10.0 Å². The van der Waals surface area contributed by atoms with Crippen LogP contribution in [0.1, 0.15) is 11.3 Å². The van der Waals surface area contributed by atoms with E-state index in [-0.39, 0.29) is 11.0 Å². The van der Waals surface area contributed by atoms with E-state index in [1.807, 2.05) is 24.3 Å². The first-order valence-electron chi connectivity index (χ1n) is 7.49. The van der Waals surface area contributed by atoms with Crippen LogP contribution in [0, 0.1) is 6.92 Å². The third kappa shape index (κ3) is 3.21. The molecule has 9 heteroatoms. The largest absolute Gasteiger partial charge is 0.448 e. The summed E-state index contributed by atoms with van der Waals surface area (Å²) in [5.74, 6) is 0.977. The van der Waals surface area contributed by atoms with E-state index in [1.165, 1.54) is 20.2 Å². The molecule has 3 aromatic rings. The summed E-state index contributed by atoms with van der Waals surface area (Å²) < 4.78 is 36.1. The summed E-state index contributed by atoms with van der Waals surface area (Å²) in [4.78, 5) is 4.33. The third-order valence-electron chi connectivity index (χ3n) is 3.73. The number of nitrogens with two attached hydrogens (primary N) is 1. The van der Waals surface area contributed by atoms with Crippen LogP contribution in [0.3, 0.4) is 0 Å². The van der Waals surface area contributed by atoms with Gasteiger partial charge in [-0.15, -0.1) is 0 Å². The van der Waals surface area contributed by atoms with Crippen LogP contribution >= 0.6 is 0 Å². The maximum Gasteiger partial charge on any atom is 0.275 e. The lowest BCUT2D eigenvalue weighted by Gasteiger charge is -2.07. The molecule has 2 heterocycles. The molecule has 0 saturated carbocycles. The van der Waals surface area contributed by atoms with Crippen LogP contribution in [-0.4, -0.2) is 37.0 Å². The average Bonchev–Trinajstić information content (AvgIpc) is 3.21. The van der Waals surface area contributed by atoms with Crippen molar-refractivity contribution in [1.29, 1.82) is 0 Å². The van der Waals surface area contributed by atoms with Gasteiger partial charge in [0.15, 0.2) is 0 Å². The summed E-state index contributed by atoms with van der Waals surface area (Å²) in [5.41, 5.74) is 7.79. The molecule has 1 aromatic carbocycles. The fraction of sp³-hybridized carbons (Fsp3) is 0.250.